The molecule has 3 rings (SSSR count). The molecule has 1 aromatic heterocycles. The summed E-state index contributed by atoms with van der Waals surface area (Å²) in [5, 5.41) is 3.05. The van der Waals surface area contributed by atoms with E-state index in [0.29, 0.717) is 5.56 Å². The number of anilines is 1. The van der Waals surface area contributed by atoms with Gasteiger partial charge in [0.1, 0.15) is 5.00 Å². The maximum Gasteiger partial charge on any atom is 0.341 e. The molecule has 2 aromatic rings. The molecule has 9 heteroatoms. The number of hydrogen-bond acceptors (Lipinski definition) is 7. The van der Waals surface area contributed by atoms with Crippen molar-refractivity contribution in [2.45, 2.75) is 6.92 Å². The zero-order valence-electron chi connectivity index (χ0n) is 18.3. The fourth-order valence-electron chi connectivity index (χ4n) is 3.59. The third-order valence-corrected chi connectivity index (χ3v) is 6.54. The average Bonchev–Trinajstić information content (AvgIpc) is 3.11. The lowest BCUT2D eigenvalue weighted by molar-refractivity contribution is -0.117. The molecule has 0 radical (unpaired) electrons. The third kappa shape index (κ3) is 6.03. The Balaban J connectivity index is 1.51. The molecule has 170 valence electrons. The molecule has 0 unspecified atom stereocenters. The van der Waals surface area contributed by atoms with E-state index in [-0.39, 0.29) is 27.9 Å². The highest BCUT2D eigenvalue weighted by atomic mass is 32.1. The summed E-state index contributed by atoms with van der Waals surface area (Å²) >= 11 is 0.994. The van der Waals surface area contributed by atoms with Gasteiger partial charge in [-0.05, 0) is 18.1 Å². The zero-order valence-corrected chi connectivity index (χ0v) is 19.1. The van der Waals surface area contributed by atoms with E-state index in [0.717, 1.165) is 44.1 Å². The number of thiophene rings is 1. The van der Waals surface area contributed by atoms with Crippen molar-refractivity contribution in [2.75, 3.05) is 51.7 Å². The average molecular weight is 457 g/mol. The summed E-state index contributed by atoms with van der Waals surface area (Å²) < 4.78 is 4.80. The smallest absolute Gasteiger partial charge is 0.341 e. The molecule has 3 N–H and O–H groups in total. The number of benzene rings is 1. The summed E-state index contributed by atoms with van der Waals surface area (Å²) in [5.74, 6) is -1.50. The fourth-order valence-corrected chi connectivity index (χ4v) is 4.65. The molecule has 0 saturated carbocycles. The van der Waals surface area contributed by atoms with Gasteiger partial charge >= 0.3 is 5.97 Å². The van der Waals surface area contributed by atoms with E-state index in [1.807, 2.05) is 18.2 Å². The summed E-state index contributed by atoms with van der Waals surface area (Å²) in [7, 11) is 1.25. The molecule has 0 aliphatic carbocycles. The van der Waals surface area contributed by atoms with Crippen LogP contribution < -0.4 is 11.1 Å². The Labute approximate surface area is 191 Å². The molecule has 2 heterocycles. The number of rotatable bonds is 8. The van der Waals surface area contributed by atoms with Crippen LogP contribution in [0.2, 0.25) is 0 Å². The highest BCUT2D eigenvalue weighted by Crippen LogP contribution is 2.33. The zero-order chi connectivity index (χ0) is 23.1. The molecule has 0 spiro atoms. The van der Waals surface area contributed by atoms with E-state index in [1.54, 1.807) is 6.92 Å². The summed E-state index contributed by atoms with van der Waals surface area (Å²) in [5.41, 5.74) is 7.16. The van der Waals surface area contributed by atoms with Crippen molar-refractivity contribution in [3.05, 3.63) is 58.0 Å². The Morgan fingerprint density at radius 3 is 2.41 bits per heavy atom. The van der Waals surface area contributed by atoms with Crippen molar-refractivity contribution in [3.63, 3.8) is 0 Å². The molecule has 1 aliphatic rings. The second kappa shape index (κ2) is 11.0. The van der Waals surface area contributed by atoms with Crippen LogP contribution in [0.3, 0.4) is 0 Å². The largest absolute Gasteiger partial charge is 0.465 e. The maximum absolute atomic E-state index is 12.6. The van der Waals surface area contributed by atoms with Crippen LogP contribution in [0, 0.1) is 6.92 Å². The number of nitrogens with zero attached hydrogens (tertiary/aromatic N) is 2. The lowest BCUT2D eigenvalue weighted by Crippen LogP contribution is -2.48. The van der Waals surface area contributed by atoms with Gasteiger partial charge in [-0.15, -0.1) is 11.3 Å². The first-order valence-electron chi connectivity index (χ1n) is 10.4. The molecule has 1 aliphatic heterocycles. The third-order valence-electron chi connectivity index (χ3n) is 5.32. The molecule has 32 heavy (non-hydrogen) atoms. The van der Waals surface area contributed by atoms with Gasteiger partial charge in [-0.2, -0.15) is 0 Å². The standard InChI is InChI=1S/C23H28N4O4S/c1-16-19(23(30)31-2)22(32-20(16)21(24)29)25-18(28)15-27-13-11-26(12-14-27)10-6-9-17-7-4-3-5-8-17/h3-9H,10-15H2,1-2H3,(H2,24,29)(H,25,28)/b9-6+. The van der Waals surface area contributed by atoms with Crippen molar-refractivity contribution in [2.24, 2.45) is 5.73 Å². The van der Waals surface area contributed by atoms with Gasteiger partial charge in [0.05, 0.1) is 24.1 Å². The molecule has 0 atom stereocenters. The number of primary amides is 1. The summed E-state index contributed by atoms with van der Waals surface area (Å²) in [6.07, 6.45) is 4.27. The number of methoxy groups -OCH3 is 1. The van der Waals surface area contributed by atoms with Crippen molar-refractivity contribution in [3.8, 4) is 0 Å². The van der Waals surface area contributed by atoms with Crippen molar-refractivity contribution in [1.29, 1.82) is 0 Å². The number of amides is 2. The SMILES string of the molecule is COC(=O)c1c(NC(=O)CN2CCN(C/C=C/c3ccccc3)CC2)sc(C(N)=O)c1C. The van der Waals surface area contributed by atoms with E-state index >= 15 is 0 Å². The van der Waals surface area contributed by atoms with E-state index in [2.05, 4.69) is 39.4 Å². The number of hydrogen-bond donors (Lipinski definition) is 2. The number of piperazine rings is 1. The van der Waals surface area contributed by atoms with Crippen LogP contribution in [0.4, 0.5) is 5.00 Å². The van der Waals surface area contributed by atoms with E-state index < -0.39 is 11.9 Å². The number of ether oxygens (including phenoxy) is 1. The van der Waals surface area contributed by atoms with Crippen LogP contribution in [-0.4, -0.2) is 74.0 Å². The predicted octanol–water partition coefficient (Wildman–Crippen LogP) is 2.21. The first kappa shape index (κ1) is 23.6. The van der Waals surface area contributed by atoms with Crippen LogP contribution in [0.5, 0.6) is 0 Å². The van der Waals surface area contributed by atoms with Gasteiger partial charge in [0.2, 0.25) is 5.91 Å². The minimum Gasteiger partial charge on any atom is -0.465 e. The lowest BCUT2D eigenvalue weighted by Gasteiger charge is -2.33. The second-order valence-corrected chi connectivity index (χ2v) is 8.57. The minimum atomic E-state index is -0.643. The Bertz CT molecular complexity index is 995. The monoisotopic (exact) mass is 456 g/mol. The molecular weight excluding hydrogens is 428 g/mol. The maximum atomic E-state index is 12.6. The van der Waals surface area contributed by atoms with Gasteiger partial charge in [-0.25, -0.2) is 4.79 Å². The fraction of sp³-hybridized carbons (Fsp3) is 0.348. The van der Waals surface area contributed by atoms with Gasteiger partial charge in [0.15, 0.2) is 0 Å². The molecular formula is C23H28N4O4S. The lowest BCUT2D eigenvalue weighted by atomic mass is 10.1. The number of nitrogens with one attached hydrogen (secondary N) is 1. The molecule has 1 saturated heterocycles. The minimum absolute atomic E-state index is 0.176. The van der Waals surface area contributed by atoms with Crippen LogP contribution in [0.1, 0.15) is 31.2 Å². The van der Waals surface area contributed by atoms with Gasteiger partial charge in [0.25, 0.3) is 5.91 Å². The summed E-state index contributed by atoms with van der Waals surface area (Å²) in [6.45, 7) is 5.95. The summed E-state index contributed by atoms with van der Waals surface area (Å²) in [4.78, 5) is 41.0. The van der Waals surface area contributed by atoms with Crippen LogP contribution in [0.25, 0.3) is 6.08 Å². The van der Waals surface area contributed by atoms with Crippen LogP contribution >= 0.6 is 11.3 Å². The first-order valence-corrected chi connectivity index (χ1v) is 11.2. The van der Waals surface area contributed by atoms with Gasteiger partial charge in [0, 0.05) is 32.7 Å². The molecule has 2 amide bonds. The van der Waals surface area contributed by atoms with Gasteiger partial charge < -0.3 is 15.8 Å². The molecule has 1 fully saturated rings. The normalized spacial score (nSPS) is 15.1. The van der Waals surface area contributed by atoms with E-state index in [4.69, 9.17) is 10.5 Å². The second-order valence-electron chi connectivity index (χ2n) is 7.55. The van der Waals surface area contributed by atoms with Gasteiger partial charge in [-0.1, -0.05) is 42.5 Å². The van der Waals surface area contributed by atoms with Crippen LogP contribution in [-0.2, 0) is 9.53 Å². The number of nitrogens with two attached hydrogens (primary N) is 1. The number of carbonyl (C=O) groups is 3. The Morgan fingerprint density at radius 1 is 1.12 bits per heavy atom. The van der Waals surface area contributed by atoms with Crippen molar-refractivity contribution >= 4 is 40.2 Å². The number of carbonyl (C=O) groups excluding carboxylic acids is 3. The quantitative estimate of drug-likeness (QED) is 0.590. The van der Waals surface area contributed by atoms with Gasteiger partial charge in [-0.3, -0.25) is 19.4 Å². The summed E-state index contributed by atoms with van der Waals surface area (Å²) in [6, 6.07) is 10.2. The topological polar surface area (TPSA) is 105 Å². The first-order chi connectivity index (χ1) is 15.4. The molecule has 1 aromatic carbocycles. The Hall–Kier alpha value is -3.01. The molecule has 8 nitrogen and oxygen atoms in total. The Kier molecular flexibility index (Phi) is 8.15. The van der Waals surface area contributed by atoms with E-state index in [9.17, 15) is 14.4 Å². The number of esters is 1. The predicted molar refractivity (Wildman–Crippen MR) is 126 cm³/mol. The highest BCUT2D eigenvalue weighted by Gasteiger charge is 2.26. The van der Waals surface area contributed by atoms with Crippen molar-refractivity contribution in [1.82, 2.24) is 9.80 Å². The van der Waals surface area contributed by atoms with E-state index in [1.165, 1.54) is 12.7 Å². The molecule has 0 bridgehead atoms. The van der Waals surface area contributed by atoms with Crippen LogP contribution in [0.15, 0.2) is 36.4 Å². The highest BCUT2D eigenvalue weighted by molar-refractivity contribution is 7.18. The van der Waals surface area contributed by atoms with Crippen molar-refractivity contribution < 1.29 is 19.1 Å². The Morgan fingerprint density at radius 2 is 1.78 bits per heavy atom.